The van der Waals surface area contributed by atoms with Crippen LogP contribution in [0.2, 0.25) is 0 Å². The molecule has 3 aromatic carbocycles. The molecule has 1 aliphatic heterocycles. The molecule has 5 nitrogen and oxygen atoms in total. The summed E-state index contributed by atoms with van der Waals surface area (Å²) in [5.41, 5.74) is 5.44. The molecule has 0 saturated carbocycles. The average molecular weight is 436 g/mol. The Bertz CT molecular complexity index is 1160. The lowest BCUT2D eigenvalue weighted by atomic mass is 10.0. The lowest BCUT2D eigenvalue weighted by Gasteiger charge is -2.31. The van der Waals surface area contributed by atoms with Crippen LogP contribution in [0.3, 0.4) is 0 Å². The van der Waals surface area contributed by atoms with Crippen molar-refractivity contribution in [3.8, 4) is 0 Å². The molecule has 0 aliphatic carbocycles. The number of hydrogen-bond donors (Lipinski definition) is 1. The highest BCUT2D eigenvalue weighted by Crippen LogP contribution is 2.35. The standard InChI is InChI=1S/C25H29N3O2S/c1-19-8-4-7-11-25(19)31(29,30)26-18-24(21-12-14-22(15-13-21)27(2)3)28-17-16-20-9-5-6-10-23(20)28/h4-15,24,26H,16-18H2,1-3H3. The number of aryl methyl sites for hydroxylation is 1. The van der Waals surface area contributed by atoms with Crippen LogP contribution in [0.4, 0.5) is 11.4 Å². The maximum absolute atomic E-state index is 13.1. The van der Waals surface area contributed by atoms with Crippen LogP contribution >= 0.6 is 0 Å². The van der Waals surface area contributed by atoms with E-state index in [9.17, 15) is 8.42 Å². The molecule has 1 aliphatic rings. The van der Waals surface area contributed by atoms with E-state index in [0.717, 1.165) is 29.8 Å². The Labute approximate surface area is 185 Å². The first-order valence-electron chi connectivity index (χ1n) is 10.5. The zero-order valence-electron chi connectivity index (χ0n) is 18.2. The smallest absolute Gasteiger partial charge is 0.240 e. The van der Waals surface area contributed by atoms with E-state index in [1.54, 1.807) is 12.1 Å². The molecular formula is C25H29N3O2S. The summed E-state index contributed by atoms with van der Waals surface area (Å²) < 4.78 is 29.0. The highest BCUT2D eigenvalue weighted by molar-refractivity contribution is 7.89. The summed E-state index contributed by atoms with van der Waals surface area (Å²) in [7, 11) is 0.419. The summed E-state index contributed by atoms with van der Waals surface area (Å²) in [6.45, 7) is 2.99. The summed E-state index contributed by atoms with van der Waals surface area (Å²) >= 11 is 0. The fourth-order valence-electron chi connectivity index (χ4n) is 4.21. The number of nitrogens with one attached hydrogen (secondary N) is 1. The monoisotopic (exact) mass is 435 g/mol. The van der Waals surface area contributed by atoms with Gasteiger partial charge in [0.15, 0.2) is 0 Å². The third-order valence-electron chi connectivity index (χ3n) is 5.94. The van der Waals surface area contributed by atoms with Crippen LogP contribution in [0.1, 0.15) is 22.7 Å². The van der Waals surface area contributed by atoms with E-state index < -0.39 is 10.0 Å². The molecule has 4 rings (SSSR count). The Morgan fingerprint density at radius 2 is 1.65 bits per heavy atom. The molecule has 162 valence electrons. The van der Waals surface area contributed by atoms with Crippen LogP contribution in [0.15, 0.2) is 77.7 Å². The fraction of sp³-hybridized carbons (Fsp3) is 0.280. The van der Waals surface area contributed by atoms with E-state index in [0.29, 0.717) is 11.4 Å². The minimum Gasteiger partial charge on any atom is -0.378 e. The zero-order chi connectivity index (χ0) is 22.0. The zero-order valence-corrected chi connectivity index (χ0v) is 19.1. The highest BCUT2D eigenvalue weighted by atomic mass is 32.2. The van der Waals surface area contributed by atoms with Gasteiger partial charge in [-0.2, -0.15) is 0 Å². The van der Waals surface area contributed by atoms with Crippen molar-refractivity contribution in [3.63, 3.8) is 0 Å². The molecule has 0 spiro atoms. The Morgan fingerprint density at radius 1 is 0.968 bits per heavy atom. The number of fused-ring (bicyclic) bond motifs is 1. The lowest BCUT2D eigenvalue weighted by molar-refractivity contribution is 0.562. The second-order valence-corrected chi connectivity index (χ2v) is 9.93. The van der Waals surface area contributed by atoms with Gasteiger partial charge in [-0.1, -0.05) is 48.5 Å². The van der Waals surface area contributed by atoms with Crippen molar-refractivity contribution in [2.24, 2.45) is 0 Å². The summed E-state index contributed by atoms with van der Waals surface area (Å²) in [6.07, 6.45) is 0.965. The van der Waals surface area contributed by atoms with Crippen LogP contribution < -0.4 is 14.5 Å². The number of hydrogen-bond acceptors (Lipinski definition) is 4. The first-order chi connectivity index (χ1) is 14.9. The summed E-state index contributed by atoms with van der Waals surface area (Å²) in [6, 6.07) is 23.7. The lowest BCUT2D eigenvalue weighted by Crippen LogP contribution is -2.37. The van der Waals surface area contributed by atoms with E-state index in [4.69, 9.17) is 0 Å². The first kappa shape index (κ1) is 21.4. The van der Waals surface area contributed by atoms with Crippen LogP contribution in [-0.4, -0.2) is 35.6 Å². The molecule has 31 heavy (non-hydrogen) atoms. The molecule has 6 heteroatoms. The molecule has 0 radical (unpaired) electrons. The molecule has 0 amide bonds. The van der Waals surface area contributed by atoms with Crippen molar-refractivity contribution >= 4 is 21.4 Å². The Morgan fingerprint density at radius 3 is 2.35 bits per heavy atom. The number of para-hydroxylation sites is 1. The Kier molecular flexibility index (Phi) is 6.03. The number of nitrogens with zero attached hydrogens (tertiary/aromatic N) is 2. The van der Waals surface area contributed by atoms with Crippen molar-refractivity contribution in [3.05, 3.63) is 89.5 Å². The van der Waals surface area contributed by atoms with Crippen molar-refractivity contribution in [1.82, 2.24) is 4.72 Å². The van der Waals surface area contributed by atoms with E-state index in [1.807, 2.05) is 39.2 Å². The van der Waals surface area contributed by atoms with Gasteiger partial charge in [0.1, 0.15) is 0 Å². The van der Waals surface area contributed by atoms with E-state index in [2.05, 4.69) is 57.0 Å². The SMILES string of the molecule is Cc1ccccc1S(=O)(=O)NCC(c1ccc(N(C)C)cc1)N1CCc2ccccc21. The molecule has 1 atom stereocenters. The fourth-order valence-corrected chi connectivity index (χ4v) is 5.50. The molecule has 1 N–H and O–H groups in total. The molecule has 1 heterocycles. The highest BCUT2D eigenvalue weighted by Gasteiger charge is 2.29. The van der Waals surface area contributed by atoms with Crippen molar-refractivity contribution in [1.29, 1.82) is 0 Å². The normalized spacial score (nSPS) is 14.4. The third kappa shape index (κ3) is 4.45. The van der Waals surface area contributed by atoms with Gasteiger partial charge in [-0.25, -0.2) is 13.1 Å². The molecule has 0 bridgehead atoms. The molecular weight excluding hydrogens is 406 g/mol. The van der Waals surface area contributed by atoms with Gasteiger partial charge < -0.3 is 9.80 Å². The van der Waals surface area contributed by atoms with Gasteiger partial charge in [0.2, 0.25) is 10.0 Å². The second kappa shape index (κ2) is 8.73. The van der Waals surface area contributed by atoms with Gasteiger partial charge in [0, 0.05) is 38.6 Å². The molecule has 1 unspecified atom stereocenters. The Balaban J connectivity index is 1.65. The quantitative estimate of drug-likeness (QED) is 0.606. The van der Waals surface area contributed by atoms with Gasteiger partial charge in [-0.3, -0.25) is 0 Å². The molecule has 0 saturated heterocycles. The number of rotatable bonds is 7. The topological polar surface area (TPSA) is 52.7 Å². The van der Waals surface area contributed by atoms with E-state index in [-0.39, 0.29) is 6.04 Å². The third-order valence-corrected chi connectivity index (χ3v) is 7.53. The maximum Gasteiger partial charge on any atom is 0.240 e. The number of benzene rings is 3. The van der Waals surface area contributed by atoms with Gasteiger partial charge in [0.25, 0.3) is 0 Å². The van der Waals surface area contributed by atoms with Crippen molar-refractivity contribution < 1.29 is 8.42 Å². The van der Waals surface area contributed by atoms with Crippen molar-refractivity contribution in [2.75, 3.05) is 37.0 Å². The number of anilines is 2. The average Bonchev–Trinajstić information content (AvgIpc) is 3.18. The summed E-state index contributed by atoms with van der Waals surface area (Å²) in [5, 5.41) is 0. The van der Waals surface area contributed by atoms with Crippen molar-refractivity contribution in [2.45, 2.75) is 24.3 Å². The molecule has 3 aromatic rings. The predicted octanol–water partition coefficient (Wildman–Crippen LogP) is 4.14. The van der Waals surface area contributed by atoms with Gasteiger partial charge in [-0.05, 0) is 54.3 Å². The van der Waals surface area contributed by atoms with E-state index in [1.165, 1.54) is 11.3 Å². The van der Waals surface area contributed by atoms with Gasteiger partial charge in [0.05, 0.1) is 10.9 Å². The maximum atomic E-state index is 13.1. The first-order valence-corrected chi connectivity index (χ1v) is 12.0. The van der Waals surface area contributed by atoms with Gasteiger partial charge in [-0.15, -0.1) is 0 Å². The minimum absolute atomic E-state index is 0.0985. The summed E-state index contributed by atoms with van der Waals surface area (Å²) in [5.74, 6) is 0. The van der Waals surface area contributed by atoms with Crippen LogP contribution in [0.5, 0.6) is 0 Å². The largest absolute Gasteiger partial charge is 0.378 e. The van der Waals surface area contributed by atoms with E-state index >= 15 is 0 Å². The molecule has 0 fully saturated rings. The van der Waals surface area contributed by atoms with Crippen LogP contribution in [-0.2, 0) is 16.4 Å². The molecule has 0 aromatic heterocycles. The minimum atomic E-state index is -3.61. The predicted molar refractivity (Wildman–Crippen MR) is 127 cm³/mol. The second-order valence-electron chi connectivity index (χ2n) is 8.19. The van der Waals surface area contributed by atoms with Crippen LogP contribution in [0.25, 0.3) is 0 Å². The number of sulfonamides is 1. The van der Waals surface area contributed by atoms with Gasteiger partial charge >= 0.3 is 0 Å². The Hall–Kier alpha value is -2.83. The van der Waals surface area contributed by atoms with Crippen LogP contribution in [0, 0.1) is 6.92 Å². The summed E-state index contributed by atoms with van der Waals surface area (Å²) in [4.78, 5) is 4.71.